The van der Waals surface area contributed by atoms with E-state index >= 15 is 0 Å². The highest BCUT2D eigenvalue weighted by molar-refractivity contribution is 5.67. The van der Waals surface area contributed by atoms with Crippen LogP contribution in [-0.4, -0.2) is 127 Å². The number of benzene rings is 5. The predicted octanol–water partition coefficient (Wildman–Crippen LogP) is 25.1. The van der Waals surface area contributed by atoms with Crippen molar-refractivity contribution in [2.24, 2.45) is 5.92 Å². The van der Waals surface area contributed by atoms with Crippen LogP contribution in [0.3, 0.4) is 0 Å². The van der Waals surface area contributed by atoms with Crippen LogP contribution in [0, 0.1) is 19.8 Å². The van der Waals surface area contributed by atoms with Crippen LogP contribution < -0.4 is 18.9 Å². The molecule has 0 bridgehead atoms. The minimum atomic E-state index is 0.0456. The molecule has 30 heteroatoms. The van der Waals surface area contributed by atoms with Crippen molar-refractivity contribution in [2.75, 3.05) is 20.3 Å². The molecular weight excluding hydrogens is 1750 g/mol. The van der Waals surface area contributed by atoms with Crippen LogP contribution in [0.1, 0.15) is 198 Å². The molecule has 0 radical (unpaired) electrons. The fourth-order valence-electron chi connectivity index (χ4n) is 15.7. The smallest absolute Gasteiger partial charge is 0.276 e. The largest absolute Gasteiger partial charge is 0.493 e. The summed E-state index contributed by atoms with van der Waals surface area (Å²) in [6, 6.07) is 59.4. The van der Waals surface area contributed by atoms with Crippen molar-refractivity contribution in [3.05, 3.63) is 295 Å². The summed E-state index contributed by atoms with van der Waals surface area (Å²) in [5.74, 6) is 10.8. The number of pyridine rings is 6. The average molecular weight is 1870 g/mol. The molecule has 2 saturated carbocycles. The van der Waals surface area contributed by atoms with Crippen LogP contribution in [0.2, 0.25) is 0 Å². The maximum Gasteiger partial charge on any atom is 0.276 e. The summed E-state index contributed by atoms with van der Waals surface area (Å²) in [6.07, 6.45) is 31.5. The van der Waals surface area contributed by atoms with E-state index in [9.17, 15) is 0 Å². The normalized spacial score (nSPS) is 12.8. The summed E-state index contributed by atoms with van der Waals surface area (Å²) in [5, 5.41) is 28.7. The van der Waals surface area contributed by atoms with Crippen molar-refractivity contribution in [3.8, 4) is 149 Å². The van der Waals surface area contributed by atoms with E-state index < -0.39 is 0 Å². The molecule has 1 atom stereocenters. The molecule has 18 aromatic rings. The van der Waals surface area contributed by atoms with Gasteiger partial charge < -0.3 is 46.1 Å². The van der Waals surface area contributed by atoms with Gasteiger partial charge in [0.15, 0.2) is 23.0 Å². The van der Waals surface area contributed by atoms with Gasteiger partial charge in [0.2, 0.25) is 40.8 Å². The Balaban J connectivity index is 0.000000127. The average Bonchev–Trinajstić information content (AvgIpc) is 1.77. The Labute approximate surface area is 808 Å². The van der Waals surface area contributed by atoms with Crippen LogP contribution in [0.4, 0.5) is 0 Å². The molecule has 13 heterocycles. The number of aromatic nitrogens is 20. The van der Waals surface area contributed by atoms with E-state index in [0.717, 1.165) is 104 Å². The summed E-state index contributed by atoms with van der Waals surface area (Å²) in [6.45, 7) is 31.5. The first kappa shape index (κ1) is 97.8. The second-order valence-corrected chi connectivity index (χ2v) is 36.2. The first-order chi connectivity index (χ1) is 67.5. The van der Waals surface area contributed by atoms with Crippen molar-refractivity contribution in [2.45, 2.75) is 196 Å². The van der Waals surface area contributed by atoms with E-state index in [0.29, 0.717) is 113 Å². The van der Waals surface area contributed by atoms with Crippen molar-refractivity contribution >= 4 is 0 Å². The Morgan fingerprint density at radius 1 is 0.367 bits per heavy atom. The third-order valence-corrected chi connectivity index (χ3v) is 23.3. The fraction of sp³-hybridized carbons (Fsp3) is 0.312. The molecule has 0 amide bonds. The van der Waals surface area contributed by atoms with Gasteiger partial charge in [-0.3, -0.25) is 34.6 Å². The van der Waals surface area contributed by atoms with Crippen LogP contribution in [0.15, 0.2) is 277 Å². The molecule has 2 aliphatic carbocycles. The third kappa shape index (κ3) is 26.3. The zero-order chi connectivity index (χ0) is 97.2. The predicted molar refractivity (Wildman–Crippen MR) is 531 cm³/mol. The lowest BCUT2D eigenvalue weighted by molar-refractivity contribution is 0.201. The Kier molecular flexibility index (Phi) is 32.8. The van der Waals surface area contributed by atoms with Gasteiger partial charge in [0.1, 0.15) is 5.69 Å². The molecule has 0 saturated heterocycles. The van der Waals surface area contributed by atoms with Crippen LogP contribution in [0.25, 0.3) is 126 Å². The molecule has 20 rings (SSSR count). The number of hydrogen-bond donors (Lipinski definition) is 0. The third-order valence-electron chi connectivity index (χ3n) is 23.3. The first-order valence-corrected chi connectivity index (χ1v) is 47.1. The lowest BCUT2D eigenvalue weighted by atomic mass is 9.79. The van der Waals surface area contributed by atoms with Gasteiger partial charge in [-0.15, -0.1) is 0 Å². The highest BCUT2D eigenvalue weighted by Crippen LogP contribution is 2.41. The summed E-state index contributed by atoms with van der Waals surface area (Å²) >= 11 is 0. The van der Waals surface area contributed by atoms with Gasteiger partial charge in [-0.1, -0.05) is 148 Å². The number of rotatable bonds is 24. The molecule has 2 aliphatic rings. The van der Waals surface area contributed by atoms with Crippen LogP contribution >= 0.6 is 0 Å². The zero-order valence-corrected chi connectivity index (χ0v) is 81.2. The van der Waals surface area contributed by atoms with Crippen LogP contribution in [0.5, 0.6) is 23.0 Å². The summed E-state index contributed by atoms with van der Waals surface area (Å²) in [4.78, 5) is 51.1. The van der Waals surface area contributed by atoms with Gasteiger partial charge >= 0.3 is 0 Å². The lowest BCUT2D eigenvalue weighted by Crippen LogP contribution is -2.16. The lowest BCUT2D eigenvalue weighted by Gasteiger charge is -2.25. The quantitative estimate of drug-likeness (QED) is 0.0542. The second-order valence-electron chi connectivity index (χ2n) is 36.2. The molecular formula is C109H116N20O10. The van der Waals surface area contributed by atoms with Crippen molar-refractivity contribution < 1.29 is 46.1 Å². The van der Waals surface area contributed by atoms with E-state index in [-0.39, 0.29) is 22.9 Å². The Morgan fingerprint density at radius 3 is 1.24 bits per heavy atom. The molecule has 13 aromatic heterocycles. The minimum Gasteiger partial charge on any atom is -0.493 e. The Bertz CT molecular complexity index is 6830. The second kappa shape index (κ2) is 46.7. The van der Waals surface area contributed by atoms with Crippen molar-refractivity contribution in [1.82, 2.24) is 101 Å². The molecule has 0 aliphatic heterocycles. The topological polar surface area (TPSA) is 366 Å². The SMILES string of the molecule is CC(C)(C)c1cc(-c2nc(-c3ccncc3)no2)cc(C(C)(C)C)c1.CC(C)Cc1ccc(C(C)c2nc(-c3ccncc3)no2)cc1.CCOc1ccc(-c2nc(-c3ccnc(C)c3)no2)cc1OCC.CCn1nc(C)cc1-c1nc(-c2ccncc2)no1.COc1ccc(-c2nc(-c3ccncc3)no2)cc1OC1CCCC1.c1cc(-c2noc(-c3ccc(C4CCCCC4)cc3)n2)ccn1. The number of methoxy groups -OCH3 is 1. The molecule has 5 aromatic carbocycles. The number of nitrogens with zero attached hydrogens (tertiary/aromatic N) is 20. The molecule has 2 fully saturated rings. The van der Waals surface area contributed by atoms with Crippen molar-refractivity contribution in [3.63, 3.8) is 0 Å². The van der Waals surface area contributed by atoms with Gasteiger partial charge in [0, 0.05) is 136 Å². The highest BCUT2D eigenvalue weighted by atomic mass is 16.5. The molecule has 30 nitrogen and oxygen atoms in total. The Hall–Kier alpha value is -15.8. The standard InChI is InChI=1S/C21H25N3O.C19H19N3O3.C19H19N3O.C19H21N3O.C18H19N3O3.C13H13N5O/c1-20(2,3)16-11-15(12-17(13-16)21(4,5)6)19-23-18(24-25-19)14-7-9-22-10-8-14;1-23-16-7-6-14(12-17(16)24-15-4-2-3-5-15)19-21-18(22-25-19)13-8-10-20-11-9-13;1-2-4-14(5-3-1)15-6-8-17(9-7-15)19-21-18(22-23-19)16-10-12-20-13-11-16;1-13(2)12-15-4-6-16(7-5-15)14(3)19-21-18(22-23-19)17-8-10-20-11-9-17;1-4-22-15-7-6-14(11-16(15)23-5-2)18-20-17(21-24-18)13-8-9-19-12(3)10-13;1-3-18-11(8-9(2)16-18)13-15-12(17-19-13)10-4-6-14-7-5-10/h7-13H,1-6H3;6-12,15H,2-5H2,1H3;6-14H,1-5H2;4-11,13-14H,12H2,1-3H3;6-11H,4-5H2,1-3H3;4-8H,3H2,1-2H3. The van der Waals surface area contributed by atoms with Gasteiger partial charge in [-0.25, -0.2) is 0 Å². The number of aryl methyl sites for hydroxylation is 3. The van der Waals surface area contributed by atoms with E-state index in [1.165, 1.54) is 72.8 Å². The van der Waals surface area contributed by atoms with E-state index in [4.69, 9.17) is 46.1 Å². The van der Waals surface area contributed by atoms with E-state index in [1.807, 2.05) is 155 Å². The molecule has 0 spiro atoms. The summed E-state index contributed by atoms with van der Waals surface area (Å²) < 4.78 is 57.2. The zero-order valence-electron chi connectivity index (χ0n) is 81.2. The monoisotopic (exact) mass is 1860 g/mol. The number of ether oxygens (including phenoxy) is 4. The molecule has 0 N–H and O–H groups in total. The first-order valence-electron chi connectivity index (χ1n) is 47.1. The van der Waals surface area contributed by atoms with Gasteiger partial charge in [0.05, 0.1) is 38.0 Å². The molecule has 712 valence electrons. The minimum absolute atomic E-state index is 0.0456. The van der Waals surface area contributed by atoms with Crippen molar-refractivity contribution in [1.29, 1.82) is 0 Å². The maximum atomic E-state index is 6.13. The maximum absolute atomic E-state index is 6.13. The number of hydrogen-bond acceptors (Lipinski definition) is 29. The Morgan fingerprint density at radius 2 is 0.777 bits per heavy atom. The van der Waals surface area contributed by atoms with Gasteiger partial charge in [-0.2, -0.15) is 35.0 Å². The van der Waals surface area contributed by atoms with Crippen LogP contribution in [-0.2, 0) is 23.8 Å². The highest BCUT2D eigenvalue weighted by Gasteiger charge is 2.27. The van der Waals surface area contributed by atoms with E-state index in [2.05, 4.69) is 225 Å². The summed E-state index contributed by atoms with van der Waals surface area (Å²) in [5.41, 5.74) is 18.1. The summed E-state index contributed by atoms with van der Waals surface area (Å²) in [7, 11) is 1.64. The van der Waals surface area contributed by atoms with E-state index in [1.54, 1.807) is 75.3 Å². The molecule has 1 unspecified atom stereocenters. The molecule has 139 heavy (non-hydrogen) atoms. The van der Waals surface area contributed by atoms with Gasteiger partial charge in [0.25, 0.3) is 29.5 Å². The van der Waals surface area contributed by atoms with Gasteiger partial charge in [-0.05, 0) is 276 Å². The fourth-order valence-corrected chi connectivity index (χ4v) is 15.7.